The summed E-state index contributed by atoms with van der Waals surface area (Å²) in [4.78, 5) is 51.1. The van der Waals surface area contributed by atoms with Crippen LogP contribution in [0.15, 0.2) is 27.8 Å². The molecule has 0 spiro atoms. The van der Waals surface area contributed by atoms with Crippen molar-refractivity contribution in [3.8, 4) is 5.75 Å². The Morgan fingerprint density at radius 2 is 1.71 bits per heavy atom. The number of hydrogen-bond donors (Lipinski definition) is 4. The first-order valence-electron chi connectivity index (χ1n) is 11.8. The molecule has 0 bridgehead atoms. The molecule has 0 radical (unpaired) electrons. The second-order valence-corrected chi connectivity index (χ2v) is 9.55. The zero-order chi connectivity index (χ0) is 25.0. The molecule has 0 aromatic heterocycles. The summed E-state index contributed by atoms with van der Waals surface area (Å²) in [6, 6.07) is 3.82. The second kappa shape index (κ2) is 10.7. The van der Waals surface area contributed by atoms with Gasteiger partial charge in [0.1, 0.15) is 17.4 Å². The van der Waals surface area contributed by atoms with Crippen molar-refractivity contribution in [2.75, 3.05) is 31.3 Å². The van der Waals surface area contributed by atoms with Gasteiger partial charge in [-0.05, 0) is 36.8 Å². The zero-order valence-electron chi connectivity index (χ0n) is 20.2. The first-order chi connectivity index (χ1) is 16.1. The van der Waals surface area contributed by atoms with Crippen molar-refractivity contribution in [1.82, 2.24) is 10.2 Å². The molecule has 9 nitrogen and oxygen atoms in total. The van der Waals surface area contributed by atoms with Crippen LogP contribution in [0.4, 0.5) is 17.1 Å². The number of hydrogen-bond acceptors (Lipinski definition) is 7. The van der Waals surface area contributed by atoms with E-state index in [1.807, 2.05) is 13.8 Å². The molecule has 1 fully saturated rings. The molecule has 0 heterocycles. The molecule has 0 unspecified atom stereocenters. The van der Waals surface area contributed by atoms with E-state index in [0.717, 1.165) is 12.8 Å². The largest absolute Gasteiger partial charge is 0.505 e. The minimum Gasteiger partial charge on any atom is -0.505 e. The molecule has 3 rings (SSSR count). The lowest BCUT2D eigenvalue weighted by Crippen LogP contribution is -2.48. The van der Waals surface area contributed by atoms with Crippen LogP contribution >= 0.6 is 0 Å². The van der Waals surface area contributed by atoms with Crippen LogP contribution in [0.3, 0.4) is 0 Å². The molecule has 1 aliphatic rings. The number of anilines is 3. The number of rotatable bonds is 9. The molecular formula is C25H34N4O5. The second-order valence-electron chi connectivity index (χ2n) is 9.55. The van der Waals surface area contributed by atoms with Crippen molar-refractivity contribution >= 4 is 28.9 Å². The lowest BCUT2D eigenvalue weighted by Gasteiger charge is -2.27. The Bertz CT molecular complexity index is 1110. The monoisotopic (exact) mass is 470 g/mol. The van der Waals surface area contributed by atoms with E-state index in [4.69, 9.17) is 0 Å². The van der Waals surface area contributed by atoms with Gasteiger partial charge < -0.3 is 26.0 Å². The summed E-state index contributed by atoms with van der Waals surface area (Å²) < 4.78 is 0. The molecule has 0 aliphatic heterocycles. The van der Waals surface area contributed by atoms with Gasteiger partial charge in [0.2, 0.25) is 5.91 Å². The molecule has 4 N–H and O–H groups in total. The Kier molecular flexibility index (Phi) is 7.96. The van der Waals surface area contributed by atoms with Crippen LogP contribution in [0.2, 0.25) is 0 Å². The highest BCUT2D eigenvalue weighted by atomic mass is 16.3. The quantitative estimate of drug-likeness (QED) is 0.328. The van der Waals surface area contributed by atoms with Gasteiger partial charge in [-0.1, -0.05) is 39.2 Å². The average molecular weight is 471 g/mol. The third-order valence-corrected chi connectivity index (χ3v) is 6.38. The summed E-state index contributed by atoms with van der Waals surface area (Å²) >= 11 is 0. The fourth-order valence-corrected chi connectivity index (χ4v) is 4.28. The third-order valence-electron chi connectivity index (χ3n) is 6.38. The molecule has 0 saturated heterocycles. The Balaban J connectivity index is 1.76. The van der Waals surface area contributed by atoms with Crippen LogP contribution in [-0.4, -0.2) is 48.5 Å². The van der Waals surface area contributed by atoms with Gasteiger partial charge in [-0.15, -0.1) is 0 Å². The van der Waals surface area contributed by atoms with Crippen LogP contribution in [0, 0.1) is 11.8 Å². The smallest absolute Gasteiger partial charge is 0.257 e. The highest BCUT2D eigenvalue weighted by molar-refractivity contribution is 5.99. The first kappa shape index (κ1) is 25.3. The summed E-state index contributed by atoms with van der Waals surface area (Å²) in [5.41, 5.74) is -1.35. The average Bonchev–Trinajstić information content (AvgIpc) is 2.82. The third kappa shape index (κ3) is 5.40. The van der Waals surface area contributed by atoms with E-state index in [-0.39, 0.29) is 40.2 Å². The van der Waals surface area contributed by atoms with Crippen LogP contribution in [0.5, 0.6) is 5.75 Å². The van der Waals surface area contributed by atoms with Crippen molar-refractivity contribution in [3.63, 3.8) is 0 Å². The number of carbonyl (C=O) groups excluding carboxylic acids is 2. The van der Waals surface area contributed by atoms with E-state index < -0.39 is 22.8 Å². The highest BCUT2D eigenvalue weighted by Gasteiger charge is 2.30. The number of para-hydroxylation sites is 1. The maximum absolute atomic E-state index is 12.9. The Hall–Kier alpha value is -3.36. The summed E-state index contributed by atoms with van der Waals surface area (Å²) in [5.74, 6) is -0.627. The summed E-state index contributed by atoms with van der Waals surface area (Å²) in [5, 5.41) is 19.3. The van der Waals surface area contributed by atoms with Gasteiger partial charge in [-0.2, -0.15) is 0 Å². The van der Waals surface area contributed by atoms with Gasteiger partial charge in [0.25, 0.3) is 16.8 Å². The molecule has 2 amide bonds. The van der Waals surface area contributed by atoms with Crippen molar-refractivity contribution in [3.05, 3.63) is 44.2 Å². The van der Waals surface area contributed by atoms with Crippen LogP contribution in [0.25, 0.3) is 0 Å². The van der Waals surface area contributed by atoms with Crippen LogP contribution in [-0.2, 0) is 4.79 Å². The van der Waals surface area contributed by atoms with Crippen molar-refractivity contribution in [1.29, 1.82) is 0 Å². The van der Waals surface area contributed by atoms with Crippen molar-refractivity contribution in [2.45, 2.75) is 52.0 Å². The van der Waals surface area contributed by atoms with Gasteiger partial charge in [0.05, 0.1) is 11.3 Å². The Morgan fingerprint density at radius 3 is 2.32 bits per heavy atom. The molecule has 9 heteroatoms. The summed E-state index contributed by atoms with van der Waals surface area (Å²) in [6.45, 7) is 4.32. The number of amides is 2. The van der Waals surface area contributed by atoms with Gasteiger partial charge >= 0.3 is 0 Å². The van der Waals surface area contributed by atoms with Crippen LogP contribution in [0.1, 0.15) is 56.3 Å². The maximum Gasteiger partial charge on any atom is 0.257 e. The SMILES string of the molecule is CC(C)[C@@H](Nc1c(Nc2cccc(C(=O)N(C)C)c2O)c(=O)c1=O)C(=O)NCC1CCCCC1. The van der Waals surface area contributed by atoms with Crippen molar-refractivity contribution < 1.29 is 14.7 Å². The van der Waals surface area contributed by atoms with E-state index in [0.29, 0.717) is 12.5 Å². The van der Waals surface area contributed by atoms with Crippen molar-refractivity contribution in [2.24, 2.45) is 11.8 Å². The van der Waals surface area contributed by atoms with E-state index >= 15 is 0 Å². The summed E-state index contributed by atoms with van der Waals surface area (Å²) in [6.07, 6.45) is 5.80. The number of nitrogens with zero attached hydrogens (tertiary/aromatic N) is 1. The minimum absolute atomic E-state index is 0.000237. The number of nitrogens with one attached hydrogen (secondary N) is 3. The number of aromatic hydroxyl groups is 1. The van der Waals surface area contributed by atoms with E-state index in [1.54, 1.807) is 20.2 Å². The maximum atomic E-state index is 12.9. The Labute approximate surface area is 199 Å². The fourth-order valence-electron chi connectivity index (χ4n) is 4.28. The summed E-state index contributed by atoms with van der Waals surface area (Å²) in [7, 11) is 3.12. The minimum atomic E-state index is -0.753. The first-order valence-corrected chi connectivity index (χ1v) is 11.8. The number of benzene rings is 1. The van der Waals surface area contributed by atoms with E-state index in [9.17, 15) is 24.3 Å². The lowest BCUT2D eigenvalue weighted by molar-refractivity contribution is -0.122. The van der Waals surface area contributed by atoms with Gasteiger partial charge in [-0.25, -0.2) is 0 Å². The standard InChI is InChI=1S/C25H34N4O5/c1-14(2)18(24(33)26-13-15-9-6-5-7-10-15)28-20-19(22(31)23(20)32)27-17-12-8-11-16(21(17)30)25(34)29(3)4/h8,11-12,14-15,18,27-28,30H,5-7,9-10,13H2,1-4H3,(H,26,33)/t18-/m1/s1. The molecule has 2 aromatic rings. The van der Waals surface area contributed by atoms with Gasteiger partial charge in [-0.3, -0.25) is 19.2 Å². The zero-order valence-corrected chi connectivity index (χ0v) is 20.2. The molecule has 34 heavy (non-hydrogen) atoms. The fraction of sp³-hybridized carbons (Fsp3) is 0.520. The molecule has 184 valence electrons. The molecule has 1 aliphatic carbocycles. The normalized spacial score (nSPS) is 15.2. The predicted octanol–water partition coefficient (Wildman–Crippen LogP) is 2.57. The highest BCUT2D eigenvalue weighted by Crippen LogP contribution is 2.32. The molecule has 1 saturated carbocycles. The van der Waals surface area contributed by atoms with E-state index in [2.05, 4.69) is 16.0 Å². The molecule has 2 aromatic carbocycles. The van der Waals surface area contributed by atoms with Gasteiger partial charge in [0.15, 0.2) is 5.75 Å². The lowest BCUT2D eigenvalue weighted by atomic mass is 9.89. The Morgan fingerprint density at radius 1 is 1.06 bits per heavy atom. The molecular weight excluding hydrogens is 436 g/mol. The predicted molar refractivity (Wildman–Crippen MR) is 133 cm³/mol. The number of phenolic OH excluding ortho intramolecular Hbond substituents is 1. The van der Waals surface area contributed by atoms with E-state index in [1.165, 1.54) is 36.3 Å². The number of carbonyl (C=O) groups is 2. The van der Waals surface area contributed by atoms with Gasteiger partial charge in [0, 0.05) is 20.6 Å². The van der Waals surface area contributed by atoms with Crippen LogP contribution < -0.4 is 26.8 Å². The molecule has 1 atom stereocenters. The number of phenols is 1. The topological polar surface area (TPSA) is 128 Å².